The minimum atomic E-state index is -4.01. The summed E-state index contributed by atoms with van der Waals surface area (Å²) in [6.45, 7) is 1.38. The molecule has 0 aliphatic heterocycles. The molecule has 78 valence electrons. The number of rotatable bonds is 3. The number of carbonyl (C=O) groups is 1. The highest BCUT2D eigenvalue weighted by atomic mass is 32.2. The largest absolute Gasteiger partial charge is 0.476 e. The molecular formula is C5H8N4O4S. The second kappa shape index (κ2) is 3.36. The molecule has 9 heteroatoms. The van der Waals surface area contributed by atoms with Gasteiger partial charge < -0.3 is 5.11 Å². The normalized spacial score (nSPS) is 11.6. The van der Waals surface area contributed by atoms with Gasteiger partial charge in [0.25, 0.3) is 10.0 Å². The van der Waals surface area contributed by atoms with E-state index < -0.39 is 26.6 Å². The van der Waals surface area contributed by atoms with Crippen LogP contribution in [-0.2, 0) is 10.0 Å². The Hall–Kier alpha value is -1.45. The average molecular weight is 220 g/mol. The molecule has 0 fully saturated rings. The van der Waals surface area contributed by atoms with Gasteiger partial charge in [0, 0.05) is 0 Å². The van der Waals surface area contributed by atoms with Crippen LogP contribution in [0.5, 0.6) is 0 Å². The lowest BCUT2D eigenvalue weighted by Gasteiger charge is -2.00. The first-order valence-corrected chi connectivity index (χ1v) is 4.89. The van der Waals surface area contributed by atoms with Crippen LogP contribution in [0.4, 0.5) is 0 Å². The average Bonchev–Trinajstić information content (AvgIpc) is 2.47. The standard InChI is InChI=1S/C5H8N4O4S/c1-2-4(14(12,13)9-6)3(5(10)11)8-7-2/h9H,6H2,1H3,(H,7,8)(H,10,11). The van der Waals surface area contributed by atoms with Crippen molar-refractivity contribution in [1.82, 2.24) is 15.0 Å². The number of aryl methyl sites for hydroxylation is 1. The van der Waals surface area contributed by atoms with Gasteiger partial charge in [-0.25, -0.2) is 13.2 Å². The highest BCUT2D eigenvalue weighted by molar-refractivity contribution is 7.89. The van der Waals surface area contributed by atoms with Gasteiger partial charge in [0.15, 0.2) is 5.69 Å². The number of hydrogen-bond acceptors (Lipinski definition) is 5. The zero-order valence-electron chi connectivity index (χ0n) is 7.10. The first-order chi connectivity index (χ1) is 6.40. The number of hydrogen-bond donors (Lipinski definition) is 4. The summed E-state index contributed by atoms with van der Waals surface area (Å²) in [5.41, 5.74) is -0.471. The number of nitrogens with zero attached hydrogens (tertiary/aromatic N) is 1. The summed E-state index contributed by atoms with van der Waals surface area (Å²) in [7, 11) is -4.01. The van der Waals surface area contributed by atoms with Crippen LogP contribution in [0, 0.1) is 6.92 Å². The van der Waals surface area contributed by atoms with Crippen molar-refractivity contribution in [2.45, 2.75) is 11.8 Å². The van der Waals surface area contributed by atoms with Crippen LogP contribution in [0.15, 0.2) is 4.90 Å². The number of nitrogens with one attached hydrogen (secondary N) is 2. The second-order valence-corrected chi connectivity index (χ2v) is 4.10. The maximum Gasteiger partial charge on any atom is 0.357 e. The number of hydrazine groups is 1. The Bertz CT molecular complexity index is 462. The number of aromatic carboxylic acids is 1. The maximum absolute atomic E-state index is 11.2. The van der Waals surface area contributed by atoms with Crippen LogP contribution >= 0.6 is 0 Å². The van der Waals surface area contributed by atoms with E-state index >= 15 is 0 Å². The highest BCUT2D eigenvalue weighted by Crippen LogP contribution is 2.16. The molecule has 0 radical (unpaired) electrons. The summed E-state index contributed by atoms with van der Waals surface area (Å²) < 4.78 is 22.5. The predicted octanol–water partition coefficient (Wildman–Crippen LogP) is -1.43. The number of carboxylic acid groups (broad SMARTS) is 1. The van der Waals surface area contributed by atoms with Crippen LogP contribution in [-0.4, -0.2) is 29.7 Å². The topological polar surface area (TPSA) is 138 Å². The fraction of sp³-hybridized carbons (Fsp3) is 0.200. The number of carboxylic acids is 1. The van der Waals surface area contributed by atoms with Crippen LogP contribution in [0.25, 0.3) is 0 Å². The van der Waals surface area contributed by atoms with E-state index in [9.17, 15) is 13.2 Å². The van der Waals surface area contributed by atoms with Gasteiger partial charge >= 0.3 is 5.97 Å². The van der Waals surface area contributed by atoms with Crippen molar-refractivity contribution in [2.75, 3.05) is 0 Å². The molecular weight excluding hydrogens is 212 g/mol. The van der Waals surface area contributed by atoms with Crippen molar-refractivity contribution in [1.29, 1.82) is 0 Å². The van der Waals surface area contributed by atoms with Crippen LogP contribution in [0.1, 0.15) is 16.2 Å². The first-order valence-electron chi connectivity index (χ1n) is 3.41. The number of sulfonamides is 1. The quantitative estimate of drug-likeness (QED) is 0.364. The summed E-state index contributed by atoms with van der Waals surface area (Å²) in [4.78, 5) is 11.7. The van der Waals surface area contributed by atoms with Gasteiger partial charge in [-0.15, -0.1) is 4.83 Å². The Morgan fingerprint density at radius 1 is 1.64 bits per heavy atom. The van der Waals surface area contributed by atoms with Gasteiger partial charge in [-0.05, 0) is 6.92 Å². The van der Waals surface area contributed by atoms with E-state index in [4.69, 9.17) is 10.9 Å². The van der Waals surface area contributed by atoms with Crippen LogP contribution in [0.2, 0.25) is 0 Å². The molecule has 8 nitrogen and oxygen atoms in total. The van der Waals surface area contributed by atoms with E-state index in [1.807, 2.05) is 0 Å². The van der Waals surface area contributed by atoms with Crippen molar-refractivity contribution in [2.24, 2.45) is 5.84 Å². The van der Waals surface area contributed by atoms with Gasteiger partial charge in [0.2, 0.25) is 0 Å². The van der Waals surface area contributed by atoms with Gasteiger partial charge in [-0.1, -0.05) is 0 Å². The molecule has 0 saturated heterocycles. The lowest BCUT2D eigenvalue weighted by Crippen LogP contribution is -2.31. The monoisotopic (exact) mass is 220 g/mol. The summed E-state index contributed by atoms with van der Waals surface area (Å²) in [6, 6.07) is 0. The Kier molecular flexibility index (Phi) is 2.55. The van der Waals surface area contributed by atoms with Gasteiger partial charge in [-0.3, -0.25) is 10.9 Å². The molecule has 0 aromatic carbocycles. The van der Waals surface area contributed by atoms with E-state index in [1.165, 1.54) is 11.8 Å². The molecule has 0 spiro atoms. The van der Waals surface area contributed by atoms with Gasteiger partial charge in [-0.2, -0.15) is 5.10 Å². The van der Waals surface area contributed by atoms with E-state index in [0.717, 1.165) is 0 Å². The number of aromatic amines is 1. The molecule has 0 atom stereocenters. The summed E-state index contributed by atoms with van der Waals surface area (Å²) >= 11 is 0. The Labute approximate surface area is 79.1 Å². The summed E-state index contributed by atoms with van der Waals surface area (Å²) in [5, 5.41) is 14.2. The molecule has 0 aliphatic carbocycles. The molecule has 0 unspecified atom stereocenters. The van der Waals surface area contributed by atoms with E-state index in [2.05, 4.69) is 10.2 Å². The fourth-order valence-electron chi connectivity index (χ4n) is 0.952. The van der Waals surface area contributed by atoms with E-state index in [0.29, 0.717) is 0 Å². The lowest BCUT2D eigenvalue weighted by molar-refractivity contribution is 0.0686. The van der Waals surface area contributed by atoms with E-state index in [-0.39, 0.29) is 5.69 Å². The Morgan fingerprint density at radius 2 is 2.21 bits per heavy atom. The summed E-state index contributed by atoms with van der Waals surface area (Å²) in [6.07, 6.45) is 0. The van der Waals surface area contributed by atoms with Gasteiger partial charge in [0.1, 0.15) is 4.90 Å². The van der Waals surface area contributed by atoms with Crippen LogP contribution < -0.4 is 10.7 Å². The molecule has 0 aliphatic rings. The molecule has 1 aromatic heterocycles. The van der Waals surface area contributed by atoms with Crippen molar-refractivity contribution in [3.8, 4) is 0 Å². The lowest BCUT2D eigenvalue weighted by atomic mass is 10.4. The molecule has 1 heterocycles. The third kappa shape index (κ3) is 1.60. The third-order valence-electron chi connectivity index (χ3n) is 1.52. The number of aromatic nitrogens is 2. The third-order valence-corrected chi connectivity index (χ3v) is 2.86. The molecule has 14 heavy (non-hydrogen) atoms. The first kappa shape index (κ1) is 10.6. The molecule has 5 N–H and O–H groups in total. The molecule has 1 aromatic rings. The zero-order valence-corrected chi connectivity index (χ0v) is 7.92. The maximum atomic E-state index is 11.2. The fourth-order valence-corrected chi connectivity index (χ4v) is 1.91. The smallest absolute Gasteiger partial charge is 0.357 e. The minimum absolute atomic E-state index is 0.111. The zero-order chi connectivity index (χ0) is 10.9. The van der Waals surface area contributed by atoms with Crippen molar-refractivity contribution in [3.05, 3.63) is 11.4 Å². The minimum Gasteiger partial charge on any atom is -0.476 e. The summed E-state index contributed by atoms with van der Waals surface area (Å²) in [5.74, 6) is 3.32. The molecule has 0 bridgehead atoms. The van der Waals surface area contributed by atoms with Crippen molar-refractivity contribution < 1.29 is 18.3 Å². The second-order valence-electron chi connectivity index (χ2n) is 2.45. The number of nitrogens with two attached hydrogens (primary N) is 1. The predicted molar refractivity (Wildman–Crippen MR) is 44.8 cm³/mol. The SMILES string of the molecule is Cc1[nH]nc(C(=O)O)c1S(=O)(=O)NN. The molecule has 0 amide bonds. The highest BCUT2D eigenvalue weighted by Gasteiger charge is 2.27. The van der Waals surface area contributed by atoms with Crippen molar-refractivity contribution in [3.63, 3.8) is 0 Å². The Balaban J connectivity index is 3.47. The number of H-pyrrole nitrogens is 1. The van der Waals surface area contributed by atoms with Crippen molar-refractivity contribution >= 4 is 16.0 Å². The molecule has 1 rings (SSSR count). The van der Waals surface area contributed by atoms with Gasteiger partial charge in [0.05, 0.1) is 5.69 Å². The van der Waals surface area contributed by atoms with Crippen LogP contribution in [0.3, 0.4) is 0 Å². The molecule has 0 saturated carbocycles. The van der Waals surface area contributed by atoms with E-state index in [1.54, 1.807) is 0 Å². The Morgan fingerprint density at radius 3 is 2.64 bits per heavy atom.